The number of hydrogen-bond acceptors (Lipinski definition) is 4. The van der Waals surface area contributed by atoms with Crippen molar-refractivity contribution in [2.24, 2.45) is 0 Å². The Balaban J connectivity index is 2.51. The van der Waals surface area contributed by atoms with Crippen molar-refractivity contribution in [2.75, 3.05) is 39.8 Å². The first kappa shape index (κ1) is 15.4. The number of nitrogens with one attached hydrogen (secondary N) is 1. The van der Waals surface area contributed by atoms with Crippen LogP contribution in [0, 0.1) is 0 Å². The topological polar surface area (TPSA) is 55.8 Å². The Hall–Kier alpha value is -0.650. The maximum atomic E-state index is 11.2. The molecule has 5 heteroatoms. The lowest BCUT2D eigenvalue weighted by molar-refractivity contribution is -0.140. The monoisotopic (exact) mass is 257 g/mol. The van der Waals surface area contributed by atoms with Crippen LogP contribution in [0.3, 0.4) is 0 Å². The molecule has 2 N–H and O–H groups in total. The summed E-state index contributed by atoms with van der Waals surface area (Å²) in [5, 5.41) is 12.3. The molecule has 0 aromatic rings. The van der Waals surface area contributed by atoms with Gasteiger partial charge in [-0.25, -0.2) is 0 Å². The second-order valence-corrected chi connectivity index (χ2v) is 5.81. The van der Waals surface area contributed by atoms with Crippen LogP contribution in [0.15, 0.2) is 0 Å². The largest absolute Gasteiger partial charge is 0.480 e. The molecule has 0 aromatic carbocycles. The molecule has 5 nitrogen and oxygen atoms in total. The molecule has 1 fully saturated rings. The predicted molar refractivity (Wildman–Crippen MR) is 72.9 cm³/mol. The van der Waals surface area contributed by atoms with Crippen molar-refractivity contribution < 1.29 is 9.90 Å². The molecule has 0 aliphatic carbocycles. The Labute approximate surface area is 110 Å². The highest BCUT2D eigenvalue weighted by molar-refractivity contribution is 5.73. The van der Waals surface area contributed by atoms with Gasteiger partial charge in [-0.1, -0.05) is 6.92 Å². The van der Waals surface area contributed by atoms with E-state index in [1.54, 1.807) is 0 Å². The fraction of sp³-hybridized carbons (Fsp3) is 0.923. The SMILES string of the molecule is CCCNC(CN1CCN(C)C(C)(C)C1)C(=O)O. The van der Waals surface area contributed by atoms with Crippen molar-refractivity contribution in [1.29, 1.82) is 0 Å². The fourth-order valence-corrected chi connectivity index (χ4v) is 2.30. The van der Waals surface area contributed by atoms with Crippen molar-refractivity contribution >= 4 is 5.97 Å². The molecule has 1 rings (SSSR count). The Morgan fingerprint density at radius 3 is 2.61 bits per heavy atom. The molecule has 0 amide bonds. The summed E-state index contributed by atoms with van der Waals surface area (Å²) in [6.45, 7) is 10.7. The normalized spacial score (nSPS) is 22.9. The van der Waals surface area contributed by atoms with Gasteiger partial charge in [0.2, 0.25) is 0 Å². The smallest absolute Gasteiger partial charge is 0.322 e. The van der Waals surface area contributed by atoms with Gasteiger partial charge in [-0.05, 0) is 33.9 Å². The van der Waals surface area contributed by atoms with E-state index in [4.69, 9.17) is 0 Å². The third kappa shape index (κ3) is 4.23. The maximum Gasteiger partial charge on any atom is 0.322 e. The number of nitrogens with zero attached hydrogens (tertiary/aromatic N) is 2. The highest BCUT2D eigenvalue weighted by atomic mass is 16.4. The van der Waals surface area contributed by atoms with Crippen LogP contribution >= 0.6 is 0 Å². The Morgan fingerprint density at radius 2 is 2.11 bits per heavy atom. The number of piperazine rings is 1. The predicted octanol–water partition coefficient (Wildman–Crippen LogP) is 0.465. The van der Waals surface area contributed by atoms with Crippen LogP contribution in [0.1, 0.15) is 27.2 Å². The first-order valence-corrected chi connectivity index (χ1v) is 6.76. The van der Waals surface area contributed by atoms with Crippen LogP contribution in [-0.2, 0) is 4.79 Å². The average Bonchev–Trinajstić information content (AvgIpc) is 2.28. The molecule has 1 saturated heterocycles. The van der Waals surface area contributed by atoms with E-state index in [1.165, 1.54) is 0 Å². The van der Waals surface area contributed by atoms with Crippen LogP contribution in [0.4, 0.5) is 0 Å². The van der Waals surface area contributed by atoms with E-state index >= 15 is 0 Å². The summed E-state index contributed by atoms with van der Waals surface area (Å²) in [5.74, 6) is -0.750. The van der Waals surface area contributed by atoms with E-state index in [9.17, 15) is 9.90 Å². The van der Waals surface area contributed by atoms with Crippen LogP contribution in [0.2, 0.25) is 0 Å². The van der Waals surface area contributed by atoms with Crippen LogP contribution in [0.5, 0.6) is 0 Å². The molecule has 0 saturated carbocycles. The molecule has 1 aliphatic rings. The standard InChI is InChI=1S/C13H27N3O2/c1-5-6-14-11(12(17)18)9-16-8-7-15(4)13(2,3)10-16/h11,14H,5-10H2,1-4H3,(H,17,18). The third-order valence-corrected chi connectivity index (χ3v) is 3.78. The molecule has 0 aromatic heterocycles. The maximum absolute atomic E-state index is 11.2. The number of rotatable bonds is 6. The lowest BCUT2D eigenvalue weighted by Gasteiger charge is -2.45. The Morgan fingerprint density at radius 1 is 1.44 bits per heavy atom. The van der Waals surface area contributed by atoms with E-state index < -0.39 is 12.0 Å². The molecule has 106 valence electrons. The number of hydrogen-bond donors (Lipinski definition) is 2. The highest BCUT2D eigenvalue weighted by Crippen LogP contribution is 2.18. The van der Waals surface area contributed by atoms with Gasteiger partial charge in [0.05, 0.1) is 0 Å². The minimum absolute atomic E-state index is 0.117. The summed E-state index contributed by atoms with van der Waals surface area (Å²) >= 11 is 0. The van der Waals surface area contributed by atoms with E-state index in [1.807, 2.05) is 6.92 Å². The van der Waals surface area contributed by atoms with Crippen LogP contribution < -0.4 is 5.32 Å². The summed E-state index contributed by atoms with van der Waals surface area (Å²) in [5.41, 5.74) is 0.117. The number of likely N-dealkylation sites (N-methyl/N-ethyl adjacent to an activating group) is 1. The fourth-order valence-electron chi connectivity index (χ4n) is 2.30. The molecule has 1 aliphatic heterocycles. The van der Waals surface area contributed by atoms with Gasteiger partial charge in [-0.15, -0.1) is 0 Å². The first-order chi connectivity index (χ1) is 8.36. The molecule has 1 atom stereocenters. The van der Waals surface area contributed by atoms with Gasteiger partial charge in [-0.3, -0.25) is 14.6 Å². The quantitative estimate of drug-likeness (QED) is 0.724. The second kappa shape index (κ2) is 6.50. The van der Waals surface area contributed by atoms with E-state index in [0.29, 0.717) is 6.54 Å². The molecule has 18 heavy (non-hydrogen) atoms. The molecular weight excluding hydrogens is 230 g/mol. The van der Waals surface area contributed by atoms with Crippen molar-refractivity contribution in [3.05, 3.63) is 0 Å². The lowest BCUT2D eigenvalue weighted by atomic mass is 9.99. The zero-order valence-corrected chi connectivity index (χ0v) is 12.1. The molecule has 0 spiro atoms. The van der Waals surface area contributed by atoms with Gasteiger partial charge >= 0.3 is 5.97 Å². The lowest BCUT2D eigenvalue weighted by Crippen LogP contribution is -2.60. The third-order valence-electron chi connectivity index (χ3n) is 3.78. The van der Waals surface area contributed by atoms with E-state index in [0.717, 1.165) is 32.6 Å². The van der Waals surface area contributed by atoms with Gasteiger partial charge in [0, 0.05) is 31.7 Å². The number of carboxylic acids is 1. The van der Waals surface area contributed by atoms with Crippen LogP contribution in [-0.4, -0.2) is 72.2 Å². The van der Waals surface area contributed by atoms with Crippen molar-refractivity contribution in [1.82, 2.24) is 15.1 Å². The van der Waals surface area contributed by atoms with E-state index in [2.05, 4.69) is 36.0 Å². The second-order valence-electron chi connectivity index (χ2n) is 5.81. The summed E-state index contributed by atoms with van der Waals surface area (Å²) in [7, 11) is 2.13. The van der Waals surface area contributed by atoms with Gasteiger partial charge in [0.25, 0.3) is 0 Å². The van der Waals surface area contributed by atoms with Gasteiger partial charge in [0.1, 0.15) is 6.04 Å². The minimum atomic E-state index is -0.750. The average molecular weight is 257 g/mol. The van der Waals surface area contributed by atoms with Crippen molar-refractivity contribution in [3.8, 4) is 0 Å². The number of aliphatic carboxylic acids is 1. The van der Waals surface area contributed by atoms with Gasteiger partial charge in [0.15, 0.2) is 0 Å². The summed E-state index contributed by atoms with van der Waals surface area (Å²) in [4.78, 5) is 15.8. The van der Waals surface area contributed by atoms with Crippen molar-refractivity contribution in [2.45, 2.75) is 38.8 Å². The summed E-state index contributed by atoms with van der Waals surface area (Å²) in [6, 6.07) is -0.454. The first-order valence-electron chi connectivity index (χ1n) is 6.76. The van der Waals surface area contributed by atoms with Crippen molar-refractivity contribution in [3.63, 3.8) is 0 Å². The zero-order chi connectivity index (χ0) is 13.8. The molecule has 1 unspecified atom stereocenters. The van der Waals surface area contributed by atoms with E-state index in [-0.39, 0.29) is 5.54 Å². The number of carbonyl (C=O) groups is 1. The minimum Gasteiger partial charge on any atom is -0.480 e. The molecular formula is C13H27N3O2. The zero-order valence-electron chi connectivity index (χ0n) is 12.1. The summed E-state index contributed by atoms with van der Waals surface area (Å²) in [6.07, 6.45) is 0.956. The molecule has 1 heterocycles. The van der Waals surface area contributed by atoms with Crippen LogP contribution in [0.25, 0.3) is 0 Å². The Bertz CT molecular complexity index is 281. The highest BCUT2D eigenvalue weighted by Gasteiger charge is 2.32. The van der Waals surface area contributed by atoms with Gasteiger partial charge in [-0.2, -0.15) is 0 Å². The Kier molecular flexibility index (Phi) is 5.56. The summed E-state index contributed by atoms with van der Waals surface area (Å²) < 4.78 is 0. The van der Waals surface area contributed by atoms with Gasteiger partial charge < -0.3 is 10.4 Å². The molecule has 0 radical (unpaired) electrons. The number of carboxylic acid groups (broad SMARTS) is 1. The molecule has 0 bridgehead atoms.